The molecule has 2 saturated heterocycles. The van der Waals surface area contributed by atoms with Gasteiger partial charge in [0.05, 0.1) is 6.04 Å². The number of nitrogens with zero attached hydrogens (tertiary/aromatic N) is 1. The topological polar surface area (TPSA) is 140 Å². The third-order valence-corrected chi connectivity index (χ3v) is 9.02. The summed E-state index contributed by atoms with van der Waals surface area (Å²) >= 11 is 0. The highest BCUT2D eigenvalue weighted by Crippen LogP contribution is 2.43. The fourth-order valence-electron chi connectivity index (χ4n) is 6.86. The van der Waals surface area contributed by atoms with Crippen LogP contribution < -0.4 is 16.0 Å². The van der Waals surface area contributed by atoms with E-state index < -0.39 is 35.6 Å². The Morgan fingerprint density at radius 1 is 0.976 bits per heavy atom. The van der Waals surface area contributed by atoms with Gasteiger partial charge in [0.15, 0.2) is 0 Å². The second-order valence-electron chi connectivity index (χ2n) is 11.6. The maximum Gasteiger partial charge on any atom is 0.289 e. The Balaban J connectivity index is 1.22. The van der Waals surface area contributed by atoms with Crippen molar-refractivity contribution in [2.24, 2.45) is 17.8 Å². The van der Waals surface area contributed by atoms with Crippen molar-refractivity contribution in [2.75, 3.05) is 13.1 Å². The predicted molar refractivity (Wildman–Crippen MR) is 155 cm³/mol. The van der Waals surface area contributed by atoms with Crippen molar-refractivity contribution in [3.8, 4) is 0 Å². The van der Waals surface area contributed by atoms with E-state index in [1.54, 1.807) is 11.0 Å². The van der Waals surface area contributed by atoms with Crippen LogP contribution in [0.15, 0.2) is 60.7 Å². The van der Waals surface area contributed by atoms with E-state index in [1.807, 2.05) is 54.6 Å². The molecule has 218 valence electrons. The monoisotopic (exact) mass is 569 g/mol. The van der Waals surface area contributed by atoms with Gasteiger partial charge in [-0.2, -0.15) is 0 Å². The van der Waals surface area contributed by atoms with Crippen molar-refractivity contribution >= 4 is 40.3 Å². The number of ketones is 1. The number of benzene rings is 2. The first-order chi connectivity index (χ1) is 20.4. The Hall–Kier alpha value is -4.47. The van der Waals surface area contributed by atoms with Crippen LogP contribution in [0.25, 0.3) is 10.9 Å². The minimum absolute atomic E-state index is 0.0198. The third-order valence-electron chi connectivity index (χ3n) is 9.02. The highest BCUT2D eigenvalue weighted by atomic mass is 16.2. The number of Topliss-reactive ketones (excluding diaryl/α,β-unsaturated/α-hetero) is 1. The van der Waals surface area contributed by atoms with Crippen LogP contribution in [-0.4, -0.2) is 64.5 Å². The summed E-state index contributed by atoms with van der Waals surface area (Å²) in [6.07, 6.45) is 3.24. The summed E-state index contributed by atoms with van der Waals surface area (Å²) in [5, 5.41) is 9.14. The zero-order valence-corrected chi connectivity index (χ0v) is 23.3. The fraction of sp³-hybridized carbons (Fsp3) is 0.406. The summed E-state index contributed by atoms with van der Waals surface area (Å²) in [4.78, 5) is 71.3. The smallest absolute Gasteiger partial charge is 0.289 e. The van der Waals surface area contributed by atoms with Gasteiger partial charge in [-0.3, -0.25) is 24.0 Å². The van der Waals surface area contributed by atoms with Gasteiger partial charge in [-0.15, -0.1) is 0 Å². The molecule has 4 amide bonds. The number of rotatable bonds is 9. The number of H-pyrrole nitrogens is 1. The molecule has 0 radical (unpaired) electrons. The summed E-state index contributed by atoms with van der Waals surface area (Å²) < 4.78 is 0. The number of aromatic nitrogens is 1. The second kappa shape index (κ2) is 11.8. The molecule has 5 atom stereocenters. The number of aromatic amines is 1. The van der Waals surface area contributed by atoms with Gasteiger partial charge in [0.25, 0.3) is 11.8 Å². The first-order valence-corrected chi connectivity index (χ1v) is 14.7. The van der Waals surface area contributed by atoms with Crippen LogP contribution in [0, 0.1) is 17.8 Å². The van der Waals surface area contributed by atoms with Crippen molar-refractivity contribution in [1.29, 1.82) is 0 Å². The number of carbonyl (C=O) groups excluding carboxylic acids is 5. The van der Waals surface area contributed by atoms with E-state index in [2.05, 4.69) is 20.9 Å². The molecule has 4 N–H and O–H groups in total. The maximum atomic E-state index is 14.0. The quantitative estimate of drug-likeness (QED) is 0.293. The van der Waals surface area contributed by atoms with Gasteiger partial charge in [0.2, 0.25) is 17.6 Å². The zero-order chi connectivity index (χ0) is 29.2. The number of para-hydroxylation sites is 1. The normalized spacial score (nSPS) is 23.8. The lowest BCUT2D eigenvalue weighted by Gasteiger charge is -2.29. The van der Waals surface area contributed by atoms with Crippen LogP contribution in [0.4, 0.5) is 0 Å². The van der Waals surface area contributed by atoms with Crippen molar-refractivity contribution in [1.82, 2.24) is 25.8 Å². The van der Waals surface area contributed by atoms with E-state index in [4.69, 9.17) is 0 Å². The fourth-order valence-corrected chi connectivity index (χ4v) is 6.86. The number of amides is 4. The molecule has 3 aliphatic rings. The van der Waals surface area contributed by atoms with Crippen LogP contribution in [0.5, 0.6) is 0 Å². The molecule has 3 heterocycles. The van der Waals surface area contributed by atoms with Crippen molar-refractivity contribution < 1.29 is 24.0 Å². The van der Waals surface area contributed by atoms with Crippen LogP contribution >= 0.6 is 0 Å². The van der Waals surface area contributed by atoms with Gasteiger partial charge in [-0.05, 0) is 55.2 Å². The molecule has 6 rings (SSSR count). The molecular weight excluding hydrogens is 534 g/mol. The predicted octanol–water partition coefficient (Wildman–Crippen LogP) is 2.31. The number of nitrogens with one attached hydrogen (secondary N) is 4. The molecule has 2 aromatic carbocycles. The number of fused-ring (bicyclic) bond motifs is 2. The van der Waals surface area contributed by atoms with Gasteiger partial charge >= 0.3 is 0 Å². The summed E-state index contributed by atoms with van der Waals surface area (Å²) in [5.41, 5.74) is 2.08. The van der Waals surface area contributed by atoms with E-state index in [-0.39, 0.29) is 36.6 Å². The molecule has 4 unspecified atom stereocenters. The van der Waals surface area contributed by atoms with Gasteiger partial charge in [0.1, 0.15) is 11.7 Å². The largest absolute Gasteiger partial charge is 0.356 e. The Morgan fingerprint density at radius 2 is 1.76 bits per heavy atom. The van der Waals surface area contributed by atoms with Crippen molar-refractivity contribution in [3.05, 3.63) is 71.9 Å². The summed E-state index contributed by atoms with van der Waals surface area (Å²) in [5.74, 6) is -2.87. The molecule has 3 aromatic rings. The first kappa shape index (κ1) is 27.7. The minimum atomic E-state index is -1.19. The van der Waals surface area contributed by atoms with E-state index in [0.717, 1.165) is 35.7 Å². The summed E-state index contributed by atoms with van der Waals surface area (Å²) in [6.45, 7) is 1.10. The minimum Gasteiger partial charge on any atom is -0.356 e. The first-order valence-electron chi connectivity index (χ1n) is 14.7. The Labute approximate surface area is 243 Å². The molecule has 2 aliphatic heterocycles. The zero-order valence-electron chi connectivity index (χ0n) is 23.3. The molecule has 42 heavy (non-hydrogen) atoms. The molecule has 1 aliphatic carbocycles. The maximum absolute atomic E-state index is 14.0. The standard InChI is InChI=1S/C32H35N5O5/c38-28(31(41)34-17-19-7-2-1-3-8-19)25(16-21-13-14-33-29(21)39)36-30(40)27-23-11-6-10-22(23)18-37(27)32(42)26-15-20-9-4-5-12-24(20)35-26/h1-5,7-9,12,15,21-23,25,27,35H,6,10-11,13-14,16-18H2,(H,33,39)(H,34,41)(H,36,40)/t21-,22?,23?,25?,27?/m0/s1. The number of hydrogen-bond acceptors (Lipinski definition) is 5. The molecule has 0 spiro atoms. The SMILES string of the molecule is O=C(NCc1ccccc1)C(=O)C(C[C@@H]1CCNC1=O)NC(=O)C1C2CCCC2CN1C(=O)c1cc2ccccc2[nH]1. The lowest BCUT2D eigenvalue weighted by atomic mass is 9.91. The van der Waals surface area contributed by atoms with Gasteiger partial charge in [-0.25, -0.2) is 0 Å². The Morgan fingerprint density at radius 3 is 2.52 bits per heavy atom. The second-order valence-corrected chi connectivity index (χ2v) is 11.6. The molecule has 10 nitrogen and oxygen atoms in total. The van der Waals surface area contributed by atoms with Crippen LogP contribution in [-0.2, 0) is 25.7 Å². The molecule has 10 heteroatoms. The summed E-state index contributed by atoms with van der Waals surface area (Å²) in [7, 11) is 0. The highest BCUT2D eigenvalue weighted by Gasteiger charge is 2.50. The lowest BCUT2D eigenvalue weighted by molar-refractivity contribution is -0.141. The van der Waals surface area contributed by atoms with E-state index in [0.29, 0.717) is 25.2 Å². The van der Waals surface area contributed by atoms with Crippen LogP contribution in [0.1, 0.15) is 48.2 Å². The lowest BCUT2D eigenvalue weighted by Crippen LogP contribution is -2.55. The highest BCUT2D eigenvalue weighted by molar-refractivity contribution is 6.38. The van der Waals surface area contributed by atoms with Crippen molar-refractivity contribution in [2.45, 2.75) is 50.7 Å². The Bertz CT molecular complexity index is 1480. The number of hydrogen-bond donors (Lipinski definition) is 4. The van der Waals surface area contributed by atoms with E-state index in [1.165, 1.54) is 0 Å². The number of carbonyl (C=O) groups is 5. The average molecular weight is 570 g/mol. The van der Waals surface area contributed by atoms with Gasteiger partial charge in [-0.1, -0.05) is 55.0 Å². The third kappa shape index (κ3) is 5.53. The molecular formula is C32H35N5O5. The van der Waals surface area contributed by atoms with Crippen LogP contribution in [0.2, 0.25) is 0 Å². The molecule has 1 saturated carbocycles. The van der Waals surface area contributed by atoms with Gasteiger partial charge in [0, 0.05) is 36.5 Å². The molecule has 3 fully saturated rings. The summed E-state index contributed by atoms with van der Waals surface area (Å²) in [6, 6.07) is 16.7. The molecule has 1 aromatic heterocycles. The van der Waals surface area contributed by atoms with Crippen molar-refractivity contribution in [3.63, 3.8) is 0 Å². The van der Waals surface area contributed by atoms with Crippen LogP contribution in [0.3, 0.4) is 0 Å². The van der Waals surface area contributed by atoms with E-state index >= 15 is 0 Å². The Kier molecular flexibility index (Phi) is 7.78. The molecule has 0 bridgehead atoms. The van der Waals surface area contributed by atoms with E-state index in [9.17, 15) is 24.0 Å². The average Bonchev–Trinajstić information content (AvgIpc) is 3.79. The van der Waals surface area contributed by atoms with Gasteiger partial charge < -0.3 is 25.8 Å². The number of likely N-dealkylation sites (tertiary alicyclic amines) is 1.